The fourth-order valence-electron chi connectivity index (χ4n) is 1.64. The molecule has 0 fully saturated rings. The van der Waals surface area contributed by atoms with Gasteiger partial charge in [-0.05, 0) is 26.3 Å². The highest BCUT2D eigenvalue weighted by Crippen LogP contribution is 2.17. The molecule has 1 rings (SSSR count). The Balaban J connectivity index is 2.84. The summed E-state index contributed by atoms with van der Waals surface area (Å²) in [5, 5.41) is 8.32. The number of aryl methyl sites for hydroxylation is 1. The molecule has 1 aromatic rings. The minimum Gasteiger partial charge on any atom is -0.330 e. The van der Waals surface area contributed by atoms with Gasteiger partial charge in [0.05, 0.1) is 0 Å². The van der Waals surface area contributed by atoms with Crippen LogP contribution in [-0.2, 0) is 6.54 Å². The third-order valence-electron chi connectivity index (χ3n) is 2.45. The van der Waals surface area contributed by atoms with Crippen LogP contribution in [-0.4, -0.2) is 21.3 Å². The molecule has 0 saturated heterocycles. The Labute approximate surface area is 85.5 Å². The van der Waals surface area contributed by atoms with Crippen molar-refractivity contribution in [2.75, 3.05) is 6.54 Å². The Bertz CT molecular complexity index is 280. The van der Waals surface area contributed by atoms with E-state index in [4.69, 9.17) is 5.73 Å². The first kappa shape index (κ1) is 11.2. The molecule has 4 nitrogen and oxygen atoms in total. The van der Waals surface area contributed by atoms with Crippen LogP contribution in [0.1, 0.15) is 44.3 Å². The topological polar surface area (TPSA) is 56.7 Å². The molecule has 0 aliphatic rings. The molecule has 0 amide bonds. The van der Waals surface area contributed by atoms with Gasteiger partial charge in [0.25, 0.3) is 0 Å². The second kappa shape index (κ2) is 5.10. The summed E-state index contributed by atoms with van der Waals surface area (Å²) in [7, 11) is 0. The standard InChI is InChI=1S/C10H20N4/c1-4-7-14-9(3)12-13-10(14)8(2)5-6-11/h8H,4-7,11H2,1-3H3. The lowest BCUT2D eigenvalue weighted by Gasteiger charge is -2.12. The highest BCUT2D eigenvalue weighted by molar-refractivity contribution is 4.99. The molecule has 1 unspecified atom stereocenters. The first-order chi connectivity index (χ1) is 6.70. The zero-order valence-corrected chi connectivity index (χ0v) is 9.32. The van der Waals surface area contributed by atoms with Crippen molar-refractivity contribution in [2.24, 2.45) is 5.73 Å². The van der Waals surface area contributed by atoms with Crippen LogP contribution in [0.15, 0.2) is 0 Å². The lowest BCUT2D eigenvalue weighted by Crippen LogP contribution is -2.11. The smallest absolute Gasteiger partial charge is 0.135 e. The SMILES string of the molecule is CCCn1c(C)nnc1C(C)CCN. The van der Waals surface area contributed by atoms with E-state index in [9.17, 15) is 0 Å². The quantitative estimate of drug-likeness (QED) is 0.775. The average Bonchev–Trinajstić information content (AvgIpc) is 2.50. The summed E-state index contributed by atoms with van der Waals surface area (Å²) in [5.74, 6) is 2.49. The molecule has 0 aliphatic carbocycles. The van der Waals surface area contributed by atoms with Crippen molar-refractivity contribution in [3.05, 3.63) is 11.6 Å². The Kier molecular flexibility index (Phi) is 4.07. The third-order valence-corrected chi connectivity index (χ3v) is 2.45. The summed E-state index contributed by atoms with van der Waals surface area (Å²) in [5.41, 5.74) is 5.54. The van der Waals surface area contributed by atoms with Crippen LogP contribution in [0.5, 0.6) is 0 Å². The van der Waals surface area contributed by atoms with Crippen LogP contribution in [0.2, 0.25) is 0 Å². The van der Waals surface area contributed by atoms with Crippen LogP contribution in [0, 0.1) is 6.92 Å². The van der Waals surface area contributed by atoms with Crippen molar-refractivity contribution in [3.8, 4) is 0 Å². The summed E-state index contributed by atoms with van der Waals surface area (Å²) in [4.78, 5) is 0. The molecule has 0 bridgehead atoms. The summed E-state index contributed by atoms with van der Waals surface area (Å²) in [6.45, 7) is 8.03. The van der Waals surface area contributed by atoms with E-state index >= 15 is 0 Å². The van der Waals surface area contributed by atoms with Gasteiger partial charge < -0.3 is 10.3 Å². The highest BCUT2D eigenvalue weighted by atomic mass is 15.3. The van der Waals surface area contributed by atoms with E-state index in [2.05, 4.69) is 28.6 Å². The normalized spacial score (nSPS) is 13.1. The largest absolute Gasteiger partial charge is 0.330 e. The minimum absolute atomic E-state index is 0.410. The van der Waals surface area contributed by atoms with Crippen LogP contribution < -0.4 is 5.73 Å². The van der Waals surface area contributed by atoms with Crippen molar-refractivity contribution >= 4 is 0 Å². The van der Waals surface area contributed by atoms with Gasteiger partial charge in [0.2, 0.25) is 0 Å². The number of hydrogen-bond donors (Lipinski definition) is 1. The van der Waals surface area contributed by atoms with E-state index in [1.54, 1.807) is 0 Å². The maximum atomic E-state index is 5.54. The van der Waals surface area contributed by atoms with Crippen LogP contribution in [0.3, 0.4) is 0 Å². The van der Waals surface area contributed by atoms with Gasteiger partial charge in [0.1, 0.15) is 11.6 Å². The van der Waals surface area contributed by atoms with Crippen molar-refractivity contribution in [2.45, 2.75) is 46.1 Å². The molecule has 0 aliphatic heterocycles. The highest BCUT2D eigenvalue weighted by Gasteiger charge is 2.14. The Morgan fingerprint density at radius 3 is 2.71 bits per heavy atom. The van der Waals surface area contributed by atoms with Crippen molar-refractivity contribution in [3.63, 3.8) is 0 Å². The fraction of sp³-hybridized carbons (Fsp3) is 0.800. The van der Waals surface area contributed by atoms with E-state index in [-0.39, 0.29) is 0 Å². The van der Waals surface area contributed by atoms with E-state index in [0.29, 0.717) is 12.5 Å². The zero-order chi connectivity index (χ0) is 10.6. The van der Waals surface area contributed by atoms with Crippen molar-refractivity contribution < 1.29 is 0 Å². The van der Waals surface area contributed by atoms with Crippen molar-refractivity contribution in [1.82, 2.24) is 14.8 Å². The molecule has 2 N–H and O–H groups in total. The Hall–Kier alpha value is -0.900. The predicted molar refractivity (Wildman–Crippen MR) is 57.1 cm³/mol. The summed E-state index contributed by atoms with van der Waals surface area (Å²) in [6.07, 6.45) is 2.09. The maximum Gasteiger partial charge on any atom is 0.135 e. The van der Waals surface area contributed by atoms with E-state index in [1.807, 2.05) is 6.92 Å². The number of aromatic nitrogens is 3. The summed E-state index contributed by atoms with van der Waals surface area (Å²) >= 11 is 0. The first-order valence-electron chi connectivity index (χ1n) is 5.30. The lowest BCUT2D eigenvalue weighted by molar-refractivity contribution is 0.561. The van der Waals surface area contributed by atoms with Crippen LogP contribution in [0.4, 0.5) is 0 Å². The number of nitrogens with zero attached hydrogens (tertiary/aromatic N) is 3. The second-order valence-electron chi connectivity index (χ2n) is 3.74. The molecule has 0 aromatic carbocycles. The van der Waals surface area contributed by atoms with Crippen molar-refractivity contribution in [1.29, 1.82) is 0 Å². The van der Waals surface area contributed by atoms with E-state index < -0.39 is 0 Å². The van der Waals surface area contributed by atoms with E-state index in [0.717, 1.165) is 31.0 Å². The molecule has 1 atom stereocenters. The maximum absolute atomic E-state index is 5.54. The van der Waals surface area contributed by atoms with Gasteiger partial charge in [-0.1, -0.05) is 13.8 Å². The van der Waals surface area contributed by atoms with Gasteiger partial charge in [-0.3, -0.25) is 0 Å². The molecule has 0 radical (unpaired) electrons. The lowest BCUT2D eigenvalue weighted by atomic mass is 10.1. The number of rotatable bonds is 5. The Morgan fingerprint density at radius 1 is 1.43 bits per heavy atom. The summed E-state index contributed by atoms with van der Waals surface area (Å²) in [6, 6.07) is 0. The molecular formula is C10H20N4. The van der Waals surface area contributed by atoms with Gasteiger partial charge in [0.15, 0.2) is 0 Å². The van der Waals surface area contributed by atoms with Gasteiger partial charge >= 0.3 is 0 Å². The average molecular weight is 196 g/mol. The fourth-order valence-corrected chi connectivity index (χ4v) is 1.64. The third kappa shape index (κ3) is 2.32. The second-order valence-corrected chi connectivity index (χ2v) is 3.74. The molecule has 0 saturated carbocycles. The molecule has 80 valence electrons. The Morgan fingerprint density at radius 2 is 2.14 bits per heavy atom. The molecular weight excluding hydrogens is 176 g/mol. The molecule has 1 aromatic heterocycles. The predicted octanol–water partition coefficient (Wildman–Crippen LogP) is 1.45. The first-order valence-corrected chi connectivity index (χ1v) is 5.30. The molecule has 0 spiro atoms. The zero-order valence-electron chi connectivity index (χ0n) is 9.32. The van der Waals surface area contributed by atoms with E-state index in [1.165, 1.54) is 0 Å². The number of nitrogens with two attached hydrogens (primary N) is 1. The molecule has 14 heavy (non-hydrogen) atoms. The van der Waals surface area contributed by atoms with Crippen LogP contribution >= 0.6 is 0 Å². The number of hydrogen-bond acceptors (Lipinski definition) is 3. The van der Waals surface area contributed by atoms with Gasteiger partial charge in [-0.2, -0.15) is 0 Å². The molecule has 1 heterocycles. The van der Waals surface area contributed by atoms with Gasteiger partial charge in [-0.15, -0.1) is 10.2 Å². The monoisotopic (exact) mass is 196 g/mol. The van der Waals surface area contributed by atoms with Gasteiger partial charge in [-0.25, -0.2) is 0 Å². The molecule has 4 heteroatoms. The summed E-state index contributed by atoms with van der Waals surface area (Å²) < 4.78 is 2.19. The van der Waals surface area contributed by atoms with Gasteiger partial charge in [0, 0.05) is 12.5 Å². The minimum atomic E-state index is 0.410. The van der Waals surface area contributed by atoms with Crippen LogP contribution in [0.25, 0.3) is 0 Å².